The minimum absolute atomic E-state index is 0. The van der Waals surface area contributed by atoms with E-state index in [1.54, 1.807) is 7.11 Å². The Balaban J connectivity index is 0.00000361. The van der Waals surface area contributed by atoms with Crippen LogP contribution in [0.5, 0.6) is 0 Å². The van der Waals surface area contributed by atoms with Crippen LogP contribution in [0.1, 0.15) is 24.5 Å². The number of nitrogens with zero attached hydrogens (tertiary/aromatic N) is 1. The molecule has 1 aromatic rings. The molecule has 114 valence electrons. The molecule has 0 spiro atoms. The van der Waals surface area contributed by atoms with Crippen LogP contribution in [0.15, 0.2) is 29.3 Å². The zero-order valence-corrected chi connectivity index (χ0v) is 14.9. The number of aliphatic imine (C=N–C) groups is 1. The molecule has 1 aromatic carbocycles. The monoisotopic (exact) mass is 391 g/mol. The lowest BCUT2D eigenvalue weighted by Gasteiger charge is -2.11. The first-order valence-electron chi connectivity index (χ1n) is 6.83. The van der Waals surface area contributed by atoms with E-state index >= 15 is 0 Å². The summed E-state index contributed by atoms with van der Waals surface area (Å²) in [6.07, 6.45) is 0.977. The Morgan fingerprint density at radius 3 is 2.65 bits per heavy atom. The van der Waals surface area contributed by atoms with Crippen LogP contribution in [-0.4, -0.2) is 32.8 Å². The smallest absolute Gasteiger partial charge is 0.191 e. The molecule has 2 N–H and O–H groups in total. The van der Waals surface area contributed by atoms with Gasteiger partial charge in [0.25, 0.3) is 0 Å². The Labute approximate surface area is 139 Å². The zero-order valence-electron chi connectivity index (χ0n) is 12.6. The first-order valence-corrected chi connectivity index (χ1v) is 6.83. The highest BCUT2D eigenvalue weighted by Gasteiger charge is 1.99. The molecule has 4 nitrogen and oxygen atoms in total. The maximum atomic E-state index is 5.03. The van der Waals surface area contributed by atoms with Crippen molar-refractivity contribution in [3.8, 4) is 0 Å². The molecule has 0 amide bonds. The highest BCUT2D eigenvalue weighted by Crippen LogP contribution is 2.07. The van der Waals surface area contributed by atoms with E-state index in [9.17, 15) is 0 Å². The summed E-state index contributed by atoms with van der Waals surface area (Å²) in [6.45, 7) is 7.39. The second kappa shape index (κ2) is 12.0. The number of hydrogen-bond donors (Lipinski definition) is 2. The fourth-order valence-corrected chi connectivity index (χ4v) is 1.72. The van der Waals surface area contributed by atoms with Crippen LogP contribution in [0, 0.1) is 6.92 Å². The number of halogens is 1. The molecule has 0 aliphatic rings. The highest BCUT2D eigenvalue weighted by atomic mass is 127. The van der Waals surface area contributed by atoms with Gasteiger partial charge in [0.2, 0.25) is 0 Å². The van der Waals surface area contributed by atoms with Crippen molar-refractivity contribution in [3.05, 3.63) is 35.4 Å². The fourth-order valence-electron chi connectivity index (χ4n) is 1.72. The summed E-state index contributed by atoms with van der Waals surface area (Å²) >= 11 is 0. The first-order chi connectivity index (χ1) is 9.27. The molecule has 0 aliphatic carbocycles. The van der Waals surface area contributed by atoms with Crippen LogP contribution in [0.25, 0.3) is 0 Å². The summed E-state index contributed by atoms with van der Waals surface area (Å²) in [5, 5.41) is 6.55. The van der Waals surface area contributed by atoms with Crippen LogP contribution in [0.4, 0.5) is 0 Å². The normalized spacial score (nSPS) is 10.8. The lowest BCUT2D eigenvalue weighted by atomic mass is 10.1. The average Bonchev–Trinajstić information content (AvgIpc) is 2.42. The molecule has 0 aliphatic heterocycles. The standard InChI is InChI=1S/C15H25N3O.HI/c1-4-16-15(17-10-7-11-19-3)18-12-14-9-6-5-8-13(14)2;/h5-6,8-9H,4,7,10-12H2,1-3H3,(H2,16,17,18);1H. The molecular weight excluding hydrogens is 365 g/mol. The van der Waals surface area contributed by atoms with Crippen LogP contribution in [0.3, 0.4) is 0 Å². The molecule has 0 saturated heterocycles. The van der Waals surface area contributed by atoms with Crippen LogP contribution < -0.4 is 10.6 Å². The molecule has 0 radical (unpaired) electrons. The minimum atomic E-state index is 0. The van der Waals surface area contributed by atoms with Crippen molar-refractivity contribution >= 4 is 29.9 Å². The summed E-state index contributed by atoms with van der Waals surface area (Å²) in [6, 6.07) is 8.34. The summed E-state index contributed by atoms with van der Waals surface area (Å²) in [4.78, 5) is 4.60. The first kappa shape index (κ1) is 19.2. The van der Waals surface area contributed by atoms with Gasteiger partial charge in [0.05, 0.1) is 6.54 Å². The van der Waals surface area contributed by atoms with Gasteiger partial charge in [0.15, 0.2) is 5.96 Å². The van der Waals surface area contributed by atoms with Gasteiger partial charge in [-0.2, -0.15) is 0 Å². The highest BCUT2D eigenvalue weighted by molar-refractivity contribution is 14.0. The molecule has 1 rings (SSSR count). The average molecular weight is 391 g/mol. The number of hydrogen-bond acceptors (Lipinski definition) is 2. The number of ether oxygens (including phenoxy) is 1. The van der Waals surface area contributed by atoms with Gasteiger partial charge in [0.1, 0.15) is 0 Å². The topological polar surface area (TPSA) is 45.7 Å². The predicted octanol–water partition coefficient (Wildman–Crippen LogP) is 2.70. The molecule has 20 heavy (non-hydrogen) atoms. The number of aryl methyl sites for hydroxylation is 1. The van der Waals surface area contributed by atoms with Gasteiger partial charge in [-0.25, -0.2) is 4.99 Å². The van der Waals surface area contributed by atoms with Gasteiger partial charge in [-0.1, -0.05) is 24.3 Å². The Hall–Kier alpha value is -0.820. The molecule has 0 heterocycles. The summed E-state index contributed by atoms with van der Waals surface area (Å²) < 4.78 is 5.03. The molecule has 0 aromatic heterocycles. The Morgan fingerprint density at radius 2 is 2.00 bits per heavy atom. The largest absolute Gasteiger partial charge is 0.385 e. The fraction of sp³-hybridized carbons (Fsp3) is 0.533. The van der Waals surface area contributed by atoms with E-state index in [4.69, 9.17) is 4.74 Å². The second-order valence-electron chi connectivity index (χ2n) is 4.39. The molecule has 0 bridgehead atoms. The molecule has 0 atom stereocenters. The maximum absolute atomic E-state index is 5.03. The van der Waals surface area contributed by atoms with E-state index in [2.05, 4.69) is 53.7 Å². The van der Waals surface area contributed by atoms with Gasteiger partial charge in [-0.05, 0) is 31.4 Å². The summed E-state index contributed by atoms with van der Waals surface area (Å²) in [7, 11) is 1.72. The summed E-state index contributed by atoms with van der Waals surface area (Å²) in [5.74, 6) is 0.863. The van der Waals surface area contributed by atoms with Gasteiger partial charge < -0.3 is 15.4 Å². The number of guanidine groups is 1. The maximum Gasteiger partial charge on any atom is 0.191 e. The second-order valence-corrected chi connectivity index (χ2v) is 4.39. The van der Waals surface area contributed by atoms with Crippen molar-refractivity contribution in [2.45, 2.75) is 26.8 Å². The van der Waals surface area contributed by atoms with Crippen LogP contribution >= 0.6 is 24.0 Å². The van der Waals surface area contributed by atoms with Crippen molar-refractivity contribution in [1.29, 1.82) is 0 Å². The number of benzene rings is 1. The van der Waals surface area contributed by atoms with Crippen molar-refractivity contribution < 1.29 is 4.74 Å². The van der Waals surface area contributed by atoms with Gasteiger partial charge in [-0.3, -0.25) is 0 Å². The Kier molecular flexibility index (Phi) is 11.5. The van der Waals surface area contributed by atoms with Gasteiger partial charge >= 0.3 is 0 Å². The van der Waals surface area contributed by atoms with Crippen molar-refractivity contribution in [3.63, 3.8) is 0 Å². The van der Waals surface area contributed by atoms with Gasteiger partial charge in [-0.15, -0.1) is 24.0 Å². The van der Waals surface area contributed by atoms with Gasteiger partial charge in [0, 0.05) is 26.8 Å². The summed E-state index contributed by atoms with van der Waals surface area (Å²) in [5.41, 5.74) is 2.54. The Bertz CT molecular complexity index is 396. The van der Waals surface area contributed by atoms with E-state index < -0.39 is 0 Å². The van der Waals surface area contributed by atoms with Crippen LogP contribution in [0.2, 0.25) is 0 Å². The molecule has 0 fully saturated rings. The quantitative estimate of drug-likeness (QED) is 0.325. The molecule has 0 unspecified atom stereocenters. The Morgan fingerprint density at radius 1 is 1.25 bits per heavy atom. The lowest BCUT2D eigenvalue weighted by molar-refractivity contribution is 0.195. The van der Waals surface area contributed by atoms with E-state index in [0.29, 0.717) is 6.54 Å². The molecule has 0 saturated carbocycles. The van der Waals surface area contributed by atoms with Crippen molar-refractivity contribution in [1.82, 2.24) is 10.6 Å². The third-order valence-corrected chi connectivity index (χ3v) is 2.83. The third kappa shape index (κ3) is 7.69. The van der Waals surface area contributed by atoms with Crippen molar-refractivity contribution in [2.24, 2.45) is 4.99 Å². The number of methoxy groups -OCH3 is 1. The number of nitrogens with one attached hydrogen (secondary N) is 2. The van der Waals surface area contributed by atoms with E-state index in [1.165, 1.54) is 11.1 Å². The lowest BCUT2D eigenvalue weighted by Crippen LogP contribution is -2.38. The molecule has 5 heteroatoms. The predicted molar refractivity (Wildman–Crippen MR) is 95.9 cm³/mol. The van der Waals surface area contributed by atoms with Crippen LogP contribution in [-0.2, 0) is 11.3 Å². The molecular formula is C15H26IN3O. The third-order valence-electron chi connectivity index (χ3n) is 2.83. The zero-order chi connectivity index (χ0) is 13.9. The SMILES string of the molecule is CCNC(=NCc1ccccc1C)NCCCOC.I. The van der Waals surface area contributed by atoms with Crippen molar-refractivity contribution in [2.75, 3.05) is 26.8 Å². The number of rotatable bonds is 7. The van der Waals surface area contributed by atoms with E-state index in [1.807, 2.05) is 0 Å². The van der Waals surface area contributed by atoms with E-state index in [0.717, 1.165) is 32.1 Å². The van der Waals surface area contributed by atoms with E-state index in [-0.39, 0.29) is 24.0 Å². The minimum Gasteiger partial charge on any atom is -0.385 e.